The van der Waals surface area contributed by atoms with Gasteiger partial charge in [0.1, 0.15) is 5.82 Å². The molecule has 0 radical (unpaired) electrons. The molecule has 0 N–H and O–H groups in total. The van der Waals surface area contributed by atoms with Gasteiger partial charge in [-0.3, -0.25) is 0 Å². The highest BCUT2D eigenvalue weighted by Crippen LogP contribution is 2.18. The smallest absolute Gasteiger partial charge is 0.141 e. The highest BCUT2D eigenvalue weighted by molar-refractivity contribution is 6.30. The number of hydrogen-bond acceptors (Lipinski definition) is 2. The van der Waals surface area contributed by atoms with Gasteiger partial charge in [0, 0.05) is 12.3 Å². The zero-order chi connectivity index (χ0) is 11.5. The topological polar surface area (TPSA) is 30.7 Å². The van der Waals surface area contributed by atoms with Gasteiger partial charge in [-0.1, -0.05) is 16.8 Å². The Morgan fingerprint density at radius 1 is 1.38 bits per heavy atom. The van der Waals surface area contributed by atoms with Crippen LogP contribution < -0.4 is 0 Å². The van der Waals surface area contributed by atoms with E-state index in [9.17, 15) is 4.39 Å². The Labute approximate surface area is 102 Å². The molecule has 0 saturated carbocycles. The molecule has 2 rings (SSSR count). The molecule has 0 unspecified atom stereocenters. The third-order valence-corrected chi connectivity index (χ3v) is 2.54. The number of nitrogens with zero attached hydrogens (tertiary/aromatic N) is 3. The lowest BCUT2D eigenvalue weighted by Crippen LogP contribution is -1.95. The van der Waals surface area contributed by atoms with Crippen molar-refractivity contribution in [3.63, 3.8) is 0 Å². The fourth-order valence-electron chi connectivity index (χ4n) is 1.26. The molecular weight excluding hydrogens is 252 g/mol. The van der Waals surface area contributed by atoms with Crippen LogP contribution in [0.5, 0.6) is 0 Å². The molecule has 6 heteroatoms. The normalized spacial score (nSPS) is 10.7. The molecule has 1 heterocycles. The van der Waals surface area contributed by atoms with Crippen molar-refractivity contribution < 1.29 is 4.39 Å². The fraction of sp³-hybridized carbons (Fsp3) is 0.200. The first kappa shape index (κ1) is 11.4. The van der Waals surface area contributed by atoms with Crippen LogP contribution >= 0.6 is 23.2 Å². The number of alkyl halides is 1. The highest BCUT2D eigenvalue weighted by Gasteiger charge is 2.05. The largest absolute Gasteiger partial charge is 0.220 e. The summed E-state index contributed by atoms with van der Waals surface area (Å²) in [4.78, 5) is 0. The first-order valence-corrected chi connectivity index (χ1v) is 5.54. The molecule has 1 aromatic carbocycles. The summed E-state index contributed by atoms with van der Waals surface area (Å²) in [7, 11) is 0. The van der Waals surface area contributed by atoms with E-state index in [-0.39, 0.29) is 5.02 Å². The lowest BCUT2D eigenvalue weighted by Gasteiger charge is -2.00. The van der Waals surface area contributed by atoms with Gasteiger partial charge >= 0.3 is 0 Å². The Morgan fingerprint density at radius 2 is 2.19 bits per heavy atom. The Kier molecular flexibility index (Phi) is 3.41. The average molecular weight is 260 g/mol. The molecule has 3 nitrogen and oxygen atoms in total. The molecule has 0 aliphatic rings. The van der Waals surface area contributed by atoms with Gasteiger partial charge < -0.3 is 0 Å². The predicted molar refractivity (Wildman–Crippen MR) is 60.8 cm³/mol. The SMILES string of the molecule is Fc1ccc(-n2cc(CCCl)nn2)cc1Cl. The maximum absolute atomic E-state index is 12.9. The third kappa shape index (κ3) is 2.33. The van der Waals surface area contributed by atoms with Crippen molar-refractivity contribution in [2.45, 2.75) is 6.42 Å². The predicted octanol–water partition coefficient (Wildman–Crippen LogP) is 2.84. The standard InChI is InChI=1S/C10H8Cl2FN3/c11-4-3-7-6-16(15-14-7)8-1-2-10(13)9(12)5-8/h1-2,5-6H,3-4H2. The minimum Gasteiger partial charge on any atom is -0.220 e. The number of halogens is 3. The Hall–Kier alpha value is -1.13. The van der Waals surface area contributed by atoms with Gasteiger partial charge in [0.15, 0.2) is 0 Å². The number of aryl methyl sites for hydroxylation is 1. The second kappa shape index (κ2) is 4.80. The van der Waals surface area contributed by atoms with E-state index in [1.165, 1.54) is 16.8 Å². The summed E-state index contributed by atoms with van der Waals surface area (Å²) < 4.78 is 14.5. The molecule has 0 atom stereocenters. The van der Waals surface area contributed by atoms with Crippen molar-refractivity contribution in [1.29, 1.82) is 0 Å². The van der Waals surface area contributed by atoms with E-state index in [1.807, 2.05) is 0 Å². The second-order valence-electron chi connectivity index (χ2n) is 3.19. The average Bonchev–Trinajstić information content (AvgIpc) is 2.71. The van der Waals surface area contributed by atoms with Gasteiger partial charge in [0.05, 0.1) is 22.6 Å². The van der Waals surface area contributed by atoms with E-state index in [4.69, 9.17) is 23.2 Å². The second-order valence-corrected chi connectivity index (χ2v) is 3.98. The van der Waals surface area contributed by atoms with Gasteiger partial charge in [0.25, 0.3) is 0 Å². The summed E-state index contributed by atoms with van der Waals surface area (Å²) in [5.74, 6) is 0.0367. The molecule has 0 bridgehead atoms. The van der Waals surface area contributed by atoms with Crippen molar-refractivity contribution >= 4 is 23.2 Å². The lowest BCUT2D eigenvalue weighted by atomic mass is 10.3. The summed E-state index contributed by atoms with van der Waals surface area (Å²) in [6, 6.07) is 4.37. The molecule has 1 aromatic heterocycles. The van der Waals surface area contributed by atoms with Crippen LogP contribution in [0.3, 0.4) is 0 Å². The minimum atomic E-state index is -0.452. The lowest BCUT2D eigenvalue weighted by molar-refractivity contribution is 0.627. The van der Waals surface area contributed by atoms with Crippen LogP contribution in [-0.4, -0.2) is 20.9 Å². The van der Waals surface area contributed by atoms with Crippen LogP contribution in [0.2, 0.25) is 5.02 Å². The molecule has 0 spiro atoms. The molecular formula is C10H8Cl2FN3. The van der Waals surface area contributed by atoms with E-state index in [0.29, 0.717) is 18.0 Å². The van der Waals surface area contributed by atoms with Gasteiger partial charge in [-0.15, -0.1) is 16.7 Å². The quantitative estimate of drug-likeness (QED) is 0.794. The van der Waals surface area contributed by atoms with Crippen LogP contribution in [0.25, 0.3) is 5.69 Å². The van der Waals surface area contributed by atoms with E-state index in [1.54, 1.807) is 12.3 Å². The molecule has 84 valence electrons. The number of benzene rings is 1. The van der Waals surface area contributed by atoms with Crippen molar-refractivity contribution in [2.24, 2.45) is 0 Å². The van der Waals surface area contributed by atoms with Crippen LogP contribution in [-0.2, 0) is 6.42 Å². The maximum Gasteiger partial charge on any atom is 0.141 e. The van der Waals surface area contributed by atoms with Crippen molar-refractivity contribution in [2.75, 3.05) is 5.88 Å². The van der Waals surface area contributed by atoms with Crippen LogP contribution in [0, 0.1) is 5.82 Å². The van der Waals surface area contributed by atoms with Gasteiger partial charge in [-0.05, 0) is 18.2 Å². The summed E-state index contributed by atoms with van der Waals surface area (Å²) in [5.41, 5.74) is 1.45. The minimum absolute atomic E-state index is 0.0619. The van der Waals surface area contributed by atoms with Gasteiger partial charge in [0.2, 0.25) is 0 Å². The third-order valence-electron chi connectivity index (χ3n) is 2.06. The molecule has 0 saturated heterocycles. The van der Waals surface area contributed by atoms with E-state index < -0.39 is 5.82 Å². The van der Waals surface area contributed by atoms with Gasteiger partial charge in [-0.2, -0.15) is 0 Å². The molecule has 2 aromatic rings. The summed E-state index contributed by atoms with van der Waals surface area (Å²) >= 11 is 11.3. The number of rotatable bonds is 3. The molecule has 0 fully saturated rings. The van der Waals surface area contributed by atoms with Gasteiger partial charge in [-0.25, -0.2) is 9.07 Å². The molecule has 0 aliphatic carbocycles. The maximum atomic E-state index is 12.9. The summed E-state index contributed by atoms with van der Waals surface area (Å²) in [5, 5.41) is 7.89. The molecule has 0 aliphatic heterocycles. The number of hydrogen-bond donors (Lipinski definition) is 0. The van der Waals surface area contributed by atoms with Crippen LogP contribution in [0.4, 0.5) is 4.39 Å². The fourth-order valence-corrected chi connectivity index (χ4v) is 1.63. The Morgan fingerprint density at radius 3 is 2.88 bits per heavy atom. The van der Waals surface area contributed by atoms with E-state index in [0.717, 1.165) is 5.69 Å². The van der Waals surface area contributed by atoms with Crippen LogP contribution in [0.1, 0.15) is 5.69 Å². The van der Waals surface area contributed by atoms with Crippen LogP contribution in [0.15, 0.2) is 24.4 Å². The van der Waals surface area contributed by atoms with Crippen molar-refractivity contribution in [3.05, 3.63) is 40.9 Å². The molecule has 16 heavy (non-hydrogen) atoms. The monoisotopic (exact) mass is 259 g/mol. The van der Waals surface area contributed by atoms with Crippen molar-refractivity contribution in [1.82, 2.24) is 15.0 Å². The summed E-state index contributed by atoms with van der Waals surface area (Å²) in [6.07, 6.45) is 2.39. The van der Waals surface area contributed by atoms with E-state index in [2.05, 4.69) is 10.3 Å². The van der Waals surface area contributed by atoms with E-state index >= 15 is 0 Å². The Bertz CT molecular complexity index is 499. The Balaban J connectivity index is 2.31. The first-order valence-electron chi connectivity index (χ1n) is 4.63. The highest BCUT2D eigenvalue weighted by atomic mass is 35.5. The number of aromatic nitrogens is 3. The van der Waals surface area contributed by atoms with Crippen molar-refractivity contribution in [3.8, 4) is 5.69 Å². The zero-order valence-electron chi connectivity index (χ0n) is 8.20. The zero-order valence-corrected chi connectivity index (χ0v) is 9.71. The first-order chi connectivity index (χ1) is 7.70. The summed E-state index contributed by atoms with van der Waals surface area (Å²) in [6.45, 7) is 0. The molecule has 0 amide bonds.